The van der Waals surface area contributed by atoms with Gasteiger partial charge in [-0.3, -0.25) is 4.79 Å². The summed E-state index contributed by atoms with van der Waals surface area (Å²) in [7, 11) is 0. The molecule has 1 saturated heterocycles. The summed E-state index contributed by atoms with van der Waals surface area (Å²) in [4.78, 5) is 12.3. The maximum atomic E-state index is 12.3. The van der Waals surface area contributed by atoms with Crippen molar-refractivity contribution in [1.82, 2.24) is 5.32 Å². The van der Waals surface area contributed by atoms with Gasteiger partial charge in [-0.05, 0) is 55.6 Å². The van der Waals surface area contributed by atoms with Gasteiger partial charge in [0.05, 0.1) is 0 Å². The molecule has 1 aliphatic heterocycles. The van der Waals surface area contributed by atoms with E-state index in [1.807, 2.05) is 12.1 Å². The number of nitrogens with one attached hydrogen (secondary N) is 2. The molecule has 0 saturated carbocycles. The van der Waals surface area contributed by atoms with E-state index in [2.05, 4.69) is 46.5 Å². The minimum absolute atomic E-state index is 0. The molecule has 0 spiro atoms. The van der Waals surface area contributed by atoms with Crippen LogP contribution in [0.1, 0.15) is 38.2 Å². The van der Waals surface area contributed by atoms with E-state index in [0.717, 1.165) is 36.1 Å². The van der Waals surface area contributed by atoms with Crippen molar-refractivity contribution in [2.24, 2.45) is 5.92 Å². The van der Waals surface area contributed by atoms with Gasteiger partial charge in [0.2, 0.25) is 5.91 Å². The lowest BCUT2D eigenvalue weighted by atomic mass is 9.96. The fraction of sp³-hybridized carbons (Fsp3) is 0.533. The predicted molar refractivity (Wildman–Crippen MR) is 89.7 cm³/mol. The Hall–Kier alpha value is -0.580. The fourth-order valence-corrected chi connectivity index (χ4v) is 2.82. The summed E-state index contributed by atoms with van der Waals surface area (Å²) in [5, 5.41) is 6.39. The van der Waals surface area contributed by atoms with Gasteiger partial charge in [-0.2, -0.15) is 0 Å². The lowest BCUT2D eigenvalue weighted by Gasteiger charge is -2.23. The Balaban J connectivity index is 0.00000200. The van der Waals surface area contributed by atoms with Gasteiger partial charge < -0.3 is 10.6 Å². The first-order valence-corrected chi connectivity index (χ1v) is 7.68. The molecule has 1 fully saturated rings. The zero-order chi connectivity index (χ0) is 13.8. The highest BCUT2D eigenvalue weighted by Crippen LogP contribution is 2.28. The van der Waals surface area contributed by atoms with Crippen LogP contribution in [0, 0.1) is 5.92 Å². The van der Waals surface area contributed by atoms with E-state index in [-0.39, 0.29) is 24.2 Å². The Labute approximate surface area is 135 Å². The molecule has 1 aromatic rings. The number of rotatable bonds is 3. The molecule has 0 bridgehead atoms. The molecule has 0 atom stereocenters. The second-order valence-corrected chi connectivity index (χ2v) is 6.32. The highest BCUT2D eigenvalue weighted by atomic mass is 79.9. The van der Waals surface area contributed by atoms with Crippen LogP contribution in [0.5, 0.6) is 0 Å². The summed E-state index contributed by atoms with van der Waals surface area (Å²) in [6, 6.07) is 6.05. The molecule has 3 nitrogen and oxygen atoms in total. The Morgan fingerprint density at radius 1 is 1.35 bits per heavy atom. The molecular weight excluding hydrogens is 340 g/mol. The maximum Gasteiger partial charge on any atom is 0.227 e. The van der Waals surface area contributed by atoms with Crippen molar-refractivity contribution in [1.29, 1.82) is 0 Å². The van der Waals surface area contributed by atoms with Crippen LogP contribution in [0.4, 0.5) is 5.69 Å². The van der Waals surface area contributed by atoms with Crippen molar-refractivity contribution >= 4 is 39.9 Å². The van der Waals surface area contributed by atoms with Crippen molar-refractivity contribution < 1.29 is 4.79 Å². The molecule has 2 rings (SSSR count). The van der Waals surface area contributed by atoms with Crippen molar-refractivity contribution in [3.63, 3.8) is 0 Å². The summed E-state index contributed by atoms with van der Waals surface area (Å²) in [6.45, 7) is 6.16. The molecule has 0 aliphatic carbocycles. The number of hydrogen-bond donors (Lipinski definition) is 2. The van der Waals surface area contributed by atoms with Crippen LogP contribution in [0.25, 0.3) is 0 Å². The van der Waals surface area contributed by atoms with Crippen molar-refractivity contribution in [3.05, 3.63) is 28.2 Å². The third-order valence-electron chi connectivity index (χ3n) is 3.60. The second-order valence-electron chi connectivity index (χ2n) is 5.40. The number of carbonyl (C=O) groups excluding carboxylic acids is 1. The van der Waals surface area contributed by atoms with Gasteiger partial charge in [-0.1, -0.05) is 29.8 Å². The van der Waals surface area contributed by atoms with E-state index in [1.54, 1.807) is 0 Å². The van der Waals surface area contributed by atoms with E-state index >= 15 is 0 Å². The maximum absolute atomic E-state index is 12.3. The number of anilines is 1. The van der Waals surface area contributed by atoms with Crippen LogP contribution in [0.15, 0.2) is 22.7 Å². The van der Waals surface area contributed by atoms with Crippen molar-refractivity contribution in [2.75, 3.05) is 18.4 Å². The molecule has 0 aromatic heterocycles. The smallest absolute Gasteiger partial charge is 0.227 e. The van der Waals surface area contributed by atoms with E-state index in [1.165, 1.54) is 5.56 Å². The summed E-state index contributed by atoms with van der Waals surface area (Å²) < 4.78 is 1.05. The number of hydrogen-bond acceptors (Lipinski definition) is 2. The molecule has 1 heterocycles. The van der Waals surface area contributed by atoms with Gasteiger partial charge in [0.25, 0.3) is 0 Å². The second kappa shape index (κ2) is 8.01. The number of piperidine rings is 1. The highest BCUT2D eigenvalue weighted by Gasteiger charge is 2.21. The average Bonchev–Trinajstić information content (AvgIpc) is 2.41. The molecular formula is C15H22BrClN2O. The Morgan fingerprint density at radius 2 is 2.00 bits per heavy atom. The number of benzene rings is 1. The van der Waals surface area contributed by atoms with Gasteiger partial charge in [-0.25, -0.2) is 0 Å². The molecule has 0 unspecified atom stereocenters. The molecule has 20 heavy (non-hydrogen) atoms. The lowest BCUT2D eigenvalue weighted by Crippen LogP contribution is -2.34. The molecule has 1 amide bonds. The van der Waals surface area contributed by atoms with E-state index in [4.69, 9.17) is 0 Å². The topological polar surface area (TPSA) is 41.1 Å². The van der Waals surface area contributed by atoms with Crippen LogP contribution >= 0.6 is 28.3 Å². The van der Waals surface area contributed by atoms with Crippen LogP contribution < -0.4 is 10.6 Å². The monoisotopic (exact) mass is 360 g/mol. The SMILES string of the molecule is CC(C)c1cc(Br)ccc1NC(=O)C1CCNCC1.Cl. The standard InChI is InChI=1S/C15H21BrN2O.ClH/c1-10(2)13-9-12(16)3-4-14(13)18-15(19)11-5-7-17-8-6-11;/h3-4,9-11,17H,5-8H2,1-2H3,(H,18,19);1H. The zero-order valence-corrected chi connectivity index (χ0v) is 14.3. The Kier molecular flexibility index (Phi) is 7.00. The third kappa shape index (κ3) is 4.47. The normalized spacial score (nSPS) is 15.8. The fourth-order valence-electron chi connectivity index (χ4n) is 2.44. The number of carbonyl (C=O) groups is 1. The predicted octanol–water partition coefficient (Wildman–Crippen LogP) is 3.93. The zero-order valence-electron chi connectivity index (χ0n) is 11.9. The molecule has 1 aromatic carbocycles. The third-order valence-corrected chi connectivity index (χ3v) is 4.10. The quantitative estimate of drug-likeness (QED) is 0.856. The number of amides is 1. The largest absolute Gasteiger partial charge is 0.326 e. The summed E-state index contributed by atoms with van der Waals surface area (Å²) in [5.41, 5.74) is 2.12. The molecule has 0 radical (unpaired) electrons. The van der Waals surface area contributed by atoms with Crippen molar-refractivity contribution in [3.8, 4) is 0 Å². The molecule has 1 aliphatic rings. The van der Waals surface area contributed by atoms with Crippen LogP contribution in [0.3, 0.4) is 0 Å². The van der Waals surface area contributed by atoms with Crippen LogP contribution in [-0.4, -0.2) is 19.0 Å². The minimum Gasteiger partial charge on any atom is -0.326 e. The van der Waals surface area contributed by atoms with E-state index in [0.29, 0.717) is 5.92 Å². The summed E-state index contributed by atoms with van der Waals surface area (Å²) >= 11 is 3.49. The summed E-state index contributed by atoms with van der Waals surface area (Å²) in [6.07, 6.45) is 1.86. The van der Waals surface area contributed by atoms with Gasteiger partial charge in [0.1, 0.15) is 0 Å². The highest BCUT2D eigenvalue weighted by molar-refractivity contribution is 9.10. The first-order chi connectivity index (χ1) is 9.08. The van der Waals surface area contributed by atoms with Gasteiger partial charge in [0.15, 0.2) is 0 Å². The number of halogens is 2. The van der Waals surface area contributed by atoms with Crippen molar-refractivity contribution in [2.45, 2.75) is 32.6 Å². The Bertz CT molecular complexity index is 459. The van der Waals surface area contributed by atoms with Gasteiger partial charge in [-0.15, -0.1) is 12.4 Å². The first kappa shape index (κ1) is 17.5. The molecule has 112 valence electrons. The van der Waals surface area contributed by atoms with Crippen LogP contribution in [-0.2, 0) is 4.79 Å². The molecule has 5 heteroatoms. The van der Waals surface area contributed by atoms with E-state index < -0.39 is 0 Å². The van der Waals surface area contributed by atoms with Crippen LogP contribution in [0.2, 0.25) is 0 Å². The summed E-state index contributed by atoms with van der Waals surface area (Å²) in [5.74, 6) is 0.691. The van der Waals surface area contributed by atoms with Gasteiger partial charge >= 0.3 is 0 Å². The average molecular weight is 362 g/mol. The first-order valence-electron chi connectivity index (χ1n) is 6.89. The van der Waals surface area contributed by atoms with Gasteiger partial charge in [0, 0.05) is 16.1 Å². The minimum atomic E-state index is 0. The molecule has 2 N–H and O–H groups in total. The Morgan fingerprint density at radius 3 is 2.60 bits per heavy atom. The lowest BCUT2D eigenvalue weighted by molar-refractivity contribution is -0.120. The van der Waals surface area contributed by atoms with E-state index in [9.17, 15) is 4.79 Å².